The Balaban J connectivity index is 2.74. The van der Waals surface area contributed by atoms with Gasteiger partial charge >= 0.3 is 0 Å². The first-order chi connectivity index (χ1) is 4.22. The predicted octanol–water partition coefficient (Wildman–Crippen LogP) is 2.11. The number of hydrogen-bond acceptors (Lipinski definition) is 1. The number of rotatable bonds is 0. The average Bonchev–Trinajstić information content (AvgIpc) is 1.83. The summed E-state index contributed by atoms with van der Waals surface area (Å²) in [4.78, 5) is 0. The van der Waals surface area contributed by atoms with Crippen LogP contribution in [0, 0.1) is 5.92 Å². The third kappa shape index (κ3) is 1.15. The zero-order chi connectivity index (χ0) is 6.85. The van der Waals surface area contributed by atoms with Crippen LogP contribution in [0.5, 0.6) is 0 Å². The minimum Gasteiger partial charge on any atom is -0.494 e. The van der Waals surface area contributed by atoms with E-state index in [0.29, 0.717) is 12.5 Å². The molecule has 1 heterocycles. The van der Waals surface area contributed by atoms with Gasteiger partial charge < -0.3 is 4.74 Å². The molecule has 1 heteroatoms. The Morgan fingerprint density at radius 2 is 2.44 bits per heavy atom. The first-order valence-electron chi connectivity index (χ1n) is 3.20. The molecular formula is C8H12O. The van der Waals surface area contributed by atoms with Gasteiger partial charge in [-0.1, -0.05) is 19.1 Å². The molecule has 1 nitrogen and oxygen atoms in total. The lowest BCUT2D eigenvalue weighted by Crippen LogP contribution is -2.10. The van der Waals surface area contributed by atoms with Crippen LogP contribution in [0.2, 0.25) is 0 Å². The van der Waals surface area contributed by atoms with Crippen LogP contribution in [0.15, 0.2) is 24.0 Å². The standard InChI is InChI=1S/C8H12O/c1-6-4-5-9-8(3)7(6)2/h4,7H,3,5H2,1-2H3. The normalized spacial score (nSPS) is 27.1. The molecule has 0 aliphatic carbocycles. The van der Waals surface area contributed by atoms with Gasteiger partial charge in [-0.05, 0) is 13.0 Å². The second-order valence-electron chi connectivity index (χ2n) is 2.45. The minimum absolute atomic E-state index is 0.416. The zero-order valence-corrected chi connectivity index (χ0v) is 5.98. The maximum Gasteiger partial charge on any atom is 0.106 e. The van der Waals surface area contributed by atoms with Crippen LogP contribution in [0.1, 0.15) is 13.8 Å². The Labute approximate surface area is 56.0 Å². The SMILES string of the molecule is C=C1OCC=C(C)C1C. The van der Waals surface area contributed by atoms with Crippen molar-refractivity contribution in [3.8, 4) is 0 Å². The molecular weight excluding hydrogens is 112 g/mol. The highest BCUT2D eigenvalue weighted by Crippen LogP contribution is 2.22. The van der Waals surface area contributed by atoms with Gasteiger partial charge in [-0.2, -0.15) is 0 Å². The molecule has 0 saturated heterocycles. The van der Waals surface area contributed by atoms with Crippen molar-refractivity contribution in [1.82, 2.24) is 0 Å². The lowest BCUT2D eigenvalue weighted by molar-refractivity contribution is 0.207. The summed E-state index contributed by atoms with van der Waals surface area (Å²) in [5.41, 5.74) is 1.37. The van der Waals surface area contributed by atoms with Crippen LogP contribution in [0.25, 0.3) is 0 Å². The van der Waals surface area contributed by atoms with E-state index >= 15 is 0 Å². The number of allylic oxidation sites excluding steroid dienone is 1. The lowest BCUT2D eigenvalue weighted by Gasteiger charge is -2.20. The summed E-state index contributed by atoms with van der Waals surface area (Å²) in [6, 6.07) is 0. The van der Waals surface area contributed by atoms with Crippen molar-refractivity contribution >= 4 is 0 Å². The monoisotopic (exact) mass is 124 g/mol. The van der Waals surface area contributed by atoms with E-state index in [2.05, 4.69) is 26.5 Å². The third-order valence-corrected chi connectivity index (χ3v) is 1.84. The van der Waals surface area contributed by atoms with E-state index in [1.165, 1.54) is 5.57 Å². The van der Waals surface area contributed by atoms with E-state index in [0.717, 1.165) is 5.76 Å². The van der Waals surface area contributed by atoms with E-state index < -0.39 is 0 Å². The summed E-state index contributed by atoms with van der Waals surface area (Å²) in [5.74, 6) is 1.31. The summed E-state index contributed by atoms with van der Waals surface area (Å²) in [5, 5.41) is 0. The van der Waals surface area contributed by atoms with Crippen LogP contribution < -0.4 is 0 Å². The van der Waals surface area contributed by atoms with E-state index in [4.69, 9.17) is 4.74 Å². The van der Waals surface area contributed by atoms with Crippen LogP contribution >= 0.6 is 0 Å². The van der Waals surface area contributed by atoms with Gasteiger partial charge in [0, 0.05) is 5.92 Å². The van der Waals surface area contributed by atoms with Crippen molar-refractivity contribution in [2.45, 2.75) is 13.8 Å². The minimum atomic E-state index is 0.416. The summed E-state index contributed by atoms with van der Waals surface area (Å²) in [6.45, 7) is 8.70. The molecule has 0 bridgehead atoms. The molecule has 0 aromatic carbocycles. The molecule has 1 aliphatic heterocycles. The van der Waals surface area contributed by atoms with Gasteiger partial charge in [0.1, 0.15) is 6.61 Å². The van der Waals surface area contributed by atoms with E-state index in [-0.39, 0.29) is 0 Å². The molecule has 1 atom stereocenters. The highest BCUT2D eigenvalue weighted by molar-refractivity contribution is 5.15. The van der Waals surface area contributed by atoms with Gasteiger partial charge in [-0.3, -0.25) is 0 Å². The summed E-state index contributed by atoms with van der Waals surface area (Å²) in [7, 11) is 0. The van der Waals surface area contributed by atoms with E-state index in [1.807, 2.05) is 0 Å². The maximum atomic E-state index is 5.19. The number of hydrogen-bond donors (Lipinski definition) is 0. The largest absolute Gasteiger partial charge is 0.494 e. The molecule has 0 radical (unpaired) electrons. The third-order valence-electron chi connectivity index (χ3n) is 1.84. The topological polar surface area (TPSA) is 9.23 Å². The highest BCUT2D eigenvalue weighted by Gasteiger charge is 2.12. The van der Waals surface area contributed by atoms with Crippen molar-refractivity contribution in [1.29, 1.82) is 0 Å². The van der Waals surface area contributed by atoms with Crippen LogP contribution in [-0.4, -0.2) is 6.61 Å². The van der Waals surface area contributed by atoms with Crippen LogP contribution in [-0.2, 0) is 4.74 Å². The molecule has 0 aromatic rings. The molecule has 1 rings (SSSR count). The van der Waals surface area contributed by atoms with Crippen molar-refractivity contribution in [3.05, 3.63) is 24.0 Å². The van der Waals surface area contributed by atoms with Crippen LogP contribution in [0.3, 0.4) is 0 Å². The first kappa shape index (κ1) is 6.40. The predicted molar refractivity (Wildman–Crippen MR) is 38.0 cm³/mol. The fourth-order valence-corrected chi connectivity index (χ4v) is 0.836. The molecule has 9 heavy (non-hydrogen) atoms. The zero-order valence-electron chi connectivity index (χ0n) is 5.98. The average molecular weight is 124 g/mol. The van der Waals surface area contributed by atoms with E-state index in [1.54, 1.807) is 0 Å². The van der Waals surface area contributed by atoms with Crippen LogP contribution in [0.4, 0.5) is 0 Å². The van der Waals surface area contributed by atoms with E-state index in [9.17, 15) is 0 Å². The Hall–Kier alpha value is -0.720. The van der Waals surface area contributed by atoms with Crippen molar-refractivity contribution in [3.63, 3.8) is 0 Å². The Morgan fingerprint density at radius 3 is 2.89 bits per heavy atom. The Bertz CT molecular complexity index is 156. The quantitative estimate of drug-likeness (QED) is 0.449. The van der Waals surface area contributed by atoms with Gasteiger partial charge in [0.25, 0.3) is 0 Å². The molecule has 0 N–H and O–H groups in total. The highest BCUT2D eigenvalue weighted by atomic mass is 16.5. The fraction of sp³-hybridized carbons (Fsp3) is 0.500. The van der Waals surface area contributed by atoms with Crippen molar-refractivity contribution < 1.29 is 4.74 Å². The van der Waals surface area contributed by atoms with Gasteiger partial charge in [0.05, 0.1) is 5.76 Å². The first-order valence-corrected chi connectivity index (χ1v) is 3.20. The molecule has 1 unspecified atom stereocenters. The number of ether oxygens (including phenoxy) is 1. The summed E-state index contributed by atoms with van der Waals surface area (Å²) < 4.78 is 5.19. The molecule has 1 aliphatic rings. The van der Waals surface area contributed by atoms with Gasteiger partial charge in [0.15, 0.2) is 0 Å². The van der Waals surface area contributed by atoms with Gasteiger partial charge in [-0.25, -0.2) is 0 Å². The molecule has 50 valence electrons. The Morgan fingerprint density at radius 1 is 1.78 bits per heavy atom. The van der Waals surface area contributed by atoms with Gasteiger partial charge in [0.2, 0.25) is 0 Å². The fourth-order valence-electron chi connectivity index (χ4n) is 0.836. The smallest absolute Gasteiger partial charge is 0.106 e. The molecule has 0 fully saturated rings. The molecule has 0 spiro atoms. The lowest BCUT2D eigenvalue weighted by atomic mass is 9.99. The molecule has 0 amide bonds. The summed E-state index contributed by atoms with van der Waals surface area (Å²) >= 11 is 0. The second kappa shape index (κ2) is 2.26. The van der Waals surface area contributed by atoms with Crippen molar-refractivity contribution in [2.75, 3.05) is 6.61 Å². The molecule has 0 aromatic heterocycles. The Kier molecular flexibility index (Phi) is 1.60. The second-order valence-corrected chi connectivity index (χ2v) is 2.45. The summed E-state index contributed by atoms with van der Waals surface area (Å²) in [6.07, 6.45) is 2.10. The van der Waals surface area contributed by atoms with Crippen molar-refractivity contribution in [2.24, 2.45) is 5.92 Å². The molecule has 0 saturated carbocycles. The van der Waals surface area contributed by atoms with Gasteiger partial charge in [-0.15, -0.1) is 0 Å². The maximum absolute atomic E-state index is 5.19.